The van der Waals surface area contributed by atoms with E-state index in [1.54, 1.807) is 0 Å². The molecule has 18 heavy (non-hydrogen) atoms. The highest BCUT2D eigenvalue weighted by molar-refractivity contribution is 5.20. The van der Waals surface area contributed by atoms with Gasteiger partial charge in [-0.25, -0.2) is 0 Å². The second-order valence-electron chi connectivity index (χ2n) is 5.42. The van der Waals surface area contributed by atoms with Gasteiger partial charge in [0.1, 0.15) is 0 Å². The Labute approximate surface area is 110 Å². The number of rotatable bonds is 5. The van der Waals surface area contributed by atoms with Gasteiger partial charge in [-0.3, -0.25) is 0 Å². The predicted octanol–water partition coefficient (Wildman–Crippen LogP) is 2.93. The lowest BCUT2D eigenvalue weighted by Gasteiger charge is -2.36. The Bertz CT molecular complexity index is 338. The maximum Gasteiger partial charge on any atom is 0.0474 e. The number of aliphatic hydroxyl groups is 1. The number of aliphatic hydroxyl groups excluding tert-OH is 1. The fourth-order valence-corrected chi connectivity index (χ4v) is 3.09. The molecule has 0 heterocycles. The number of nitrogens with one attached hydrogen (secondary N) is 1. The molecule has 0 bridgehead atoms. The van der Waals surface area contributed by atoms with Crippen molar-refractivity contribution in [2.75, 3.05) is 13.2 Å². The van der Waals surface area contributed by atoms with E-state index in [0.29, 0.717) is 24.5 Å². The normalized spacial score (nSPS) is 28.2. The highest BCUT2D eigenvalue weighted by atomic mass is 16.3. The number of benzene rings is 1. The fraction of sp³-hybridized carbons (Fsp3) is 0.625. The standard InChI is InChI=1S/C16H25NO/c1-2-10-17-16-9-8-14(11-15(16)12-18)13-6-4-3-5-7-13/h3-7,14-18H,2,8-12H2,1H3. The molecule has 2 heteroatoms. The molecule has 1 aliphatic carbocycles. The van der Waals surface area contributed by atoms with Gasteiger partial charge in [0.05, 0.1) is 0 Å². The van der Waals surface area contributed by atoms with E-state index in [1.807, 2.05) is 0 Å². The van der Waals surface area contributed by atoms with Crippen LogP contribution in [0.5, 0.6) is 0 Å². The van der Waals surface area contributed by atoms with Crippen LogP contribution >= 0.6 is 0 Å². The summed E-state index contributed by atoms with van der Waals surface area (Å²) in [6.45, 7) is 3.57. The minimum absolute atomic E-state index is 0.310. The van der Waals surface area contributed by atoms with Crippen LogP contribution in [0.2, 0.25) is 0 Å². The summed E-state index contributed by atoms with van der Waals surface area (Å²) in [6.07, 6.45) is 4.70. The summed E-state index contributed by atoms with van der Waals surface area (Å²) >= 11 is 0. The zero-order chi connectivity index (χ0) is 12.8. The molecule has 1 aromatic rings. The molecule has 2 N–H and O–H groups in total. The number of hydrogen-bond donors (Lipinski definition) is 2. The fourth-order valence-electron chi connectivity index (χ4n) is 3.09. The Morgan fingerprint density at radius 1 is 1.22 bits per heavy atom. The minimum atomic E-state index is 0.310. The molecule has 1 fully saturated rings. The van der Waals surface area contributed by atoms with Crippen LogP contribution in [0, 0.1) is 5.92 Å². The van der Waals surface area contributed by atoms with Crippen molar-refractivity contribution >= 4 is 0 Å². The van der Waals surface area contributed by atoms with E-state index in [2.05, 4.69) is 42.6 Å². The van der Waals surface area contributed by atoms with Crippen LogP contribution in [-0.2, 0) is 0 Å². The molecule has 100 valence electrons. The maximum atomic E-state index is 9.59. The van der Waals surface area contributed by atoms with Gasteiger partial charge in [-0.2, -0.15) is 0 Å². The molecule has 0 amide bonds. The Morgan fingerprint density at radius 3 is 2.67 bits per heavy atom. The van der Waals surface area contributed by atoms with Crippen molar-refractivity contribution in [1.82, 2.24) is 5.32 Å². The summed E-state index contributed by atoms with van der Waals surface area (Å²) in [4.78, 5) is 0. The second kappa shape index (κ2) is 6.91. The van der Waals surface area contributed by atoms with Gasteiger partial charge in [0.15, 0.2) is 0 Å². The minimum Gasteiger partial charge on any atom is -0.396 e. The van der Waals surface area contributed by atoms with Crippen LogP contribution < -0.4 is 5.32 Å². The molecule has 1 saturated carbocycles. The third-order valence-corrected chi connectivity index (χ3v) is 4.14. The molecular weight excluding hydrogens is 222 g/mol. The van der Waals surface area contributed by atoms with E-state index in [9.17, 15) is 5.11 Å². The smallest absolute Gasteiger partial charge is 0.0474 e. The first-order valence-electron chi connectivity index (χ1n) is 7.24. The summed E-state index contributed by atoms with van der Waals surface area (Å²) in [5.41, 5.74) is 1.44. The van der Waals surface area contributed by atoms with Crippen molar-refractivity contribution in [2.45, 2.75) is 44.6 Å². The quantitative estimate of drug-likeness (QED) is 0.838. The molecule has 1 aromatic carbocycles. The van der Waals surface area contributed by atoms with Gasteiger partial charge < -0.3 is 10.4 Å². The number of hydrogen-bond acceptors (Lipinski definition) is 2. The van der Waals surface area contributed by atoms with E-state index in [1.165, 1.54) is 18.4 Å². The zero-order valence-electron chi connectivity index (χ0n) is 11.3. The van der Waals surface area contributed by atoms with Crippen molar-refractivity contribution in [1.29, 1.82) is 0 Å². The molecule has 0 spiro atoms. The first-order valence-corrected chi connectivity index (χ1v) is 7.24. The third kappa shape index (κ3) is 3.33. The molecule has 0 radical (unpaired) electrons. The lowest BCUT2D eigenvalue weighted by Crippen LogP contribution is -2.42. The van der Waals surface area contributed by atoms with Crippen LogP contribution in [0.3, 0.4) is 0 Å². The summed E-state index contributed by atoms with van der Waals surface area (Å²) in [7, 11) is 0. The molecule has 0 aliphatic heterocycles. The zero-order valence-corrected chi connectivity index (χ0v) is 11.3. The first kappa shape index (κ1) is 13.6. The lowest BCUT2D eigenvalue weighted by molar-refractivity contribution is 0.143. The molecule has 1 aliphatic rings. The van der Waals surface area contributed by atoms with E-state index in [-0.39, 0.29) is 0 Å². The predicted molar refractivity (Wildman–Crippen MR) is 75.7 cm³/mol. The summed E-state index contributed by atoms with van der Waals surface area (Å²) in [5.74, 6) is 1.04. The molecule has 0 saturated heterocycles. The van der Waals surface area contributed by atoms with Gasteiger partial charge >= 0.3 is 0 Å². The molecule has 3 unspecified atom stereocenters. The Balaban J connectivity index is 1.96. The van der Waals surface area contributed by atoms with Gasteiger partial charge in [-0.15, -0.1) is 0 Å². The van der Waals surface area contributed by atoms with Crippen molar-refractivity contribution in [2.24, 2.45) is 5.92 Å². The van der Waals surface area contributed by atoms with Gasteiger partial charge in [0.25, 0.3) is 0 Å². The second-order valence-corrected chi connectivity index (χ2v) is 5.42. The Kier molecular flexibility index (Phi) is 5.21. The van der Waals surface area contributed by atoms with E-state index >= 15 is 0 Å². The van der Waals surface area contributed by atoms with Crippen molar-refractivity contribution in [3.05, 3.63) is 35.9 Å². The Morgan fingerprint density at radius 2 is 2.00 bits per heavy atom. The third-order valence-electron chi connectivity index (χ3n) is 4.14. The molecule has 0 aromatic heterocycles. The van der Waals surface area contributed by atoms with E-state index in [0.717, 1.165) is 19.4 Å². The molecule has 2 nitrogen and oxygen atoms in total. The van der Waals surface area contributed by atoms with E-state index < -0.39 is 0 Å². The van der Waals surface area contributed by atoms with Crippen molar-refractivity contribution in [3.63, 3.8) is 0 Å². The van der Waals surface area contributed by atoms with Crippen LogP contribution in [0.25, 0.3) is 0 Å². The van der Waals surface area contributed by atoms with Crippen molar-refractivity contribution in [3.8, 4) is 0 Å². The van der Waals surface area contributed by atoms with Gasteiger partial charge in [0.2, 0.25) is 0 Å². The average molecular weight is 247 g/mol. The molecular formula is C16H25NO. The van der Waals surface area contributed by atoms with Gasteiger partial charge in [-0.05, 0) is 49.6 Å². The van der Waals surface area contributed by atoms with E-state index in [4.69, 9.17) is 0 Å². The van der Waals surface area contributed by atoms with Crippen molar-refractivity contribution < 1.29 is 5.11 Å². The molecule has 3 atom stereocenters. The SMILES string of the molecule is CCCNC1CCC(c2ccccc2)CC1CO. The summed E-state index contributed by atoms with van der Waals surface area (Å²) in [6, 6.07) is 11.3. The Hall–Kier alpha value is -0.860. The first-order chi connectivity index (χ1) is 8.85. The average Bonchev–Trinajstić information content (AvgIpc) is 2.46. The highest BCUT2D eigenvalue weighted by Crippen LogP contribution is 2.36. The summed E-state index contributed by atoms with van der Waals surface area (Å²) < 4.78 is 0. The summed E-state index contributed by atoms with van der Waals surface area (Å²) in [5, 5.41) is 13.2. The van der Waals surface area contributed by atoms with Gasteiger partial charge in [0, 0.05) is 12.6 Å². The topological polar surface area (TPSA) is 32.3 Å². The van der Waals surface area contributed by atoms with Crippen LogP contribution in [0.15, 0.2) is 30.3 Å². The molecule has 2 rings (SSSR count). The van der Waals surface area contributed by atoms with Crippen LogP contribution in [0.4, 0.5) is 0 Å². The van der Waals surface area contributed by atoms with Crippen LogP contribution in [-0.4, -0.2) is 24.3 Å². The largest absolute Gasteiger partial charge is 0.396 e. The highest BCUT2D eigenvalue weighted by Gasteiger charge is 2.30. The monoisotopic (exact) mass is 247 g/mol. The lowest BCUT2D eigenvalue weighted by atomic mass is 9.75. The van der Waals surface area contributed by atoms with Gasteiger partial charge in [-0.1, -0.05) is 37.3 Å². The maximum absolute atomic E-state index is 9.59. The van der Waals surface area contributed by atoms with Crippen LogP contribution in [0.1, 0.15) is 44.1 Å².